The smallest absolute Gasteiger partial charge is 0.249 e. The predicted molar refractivity (Wildman–Crippen MR) is 102 cm³/mol. The van der Waals surface area contributed by atoms with Crippen LogP contribution in [0.3, 0.4) is 0 Å². The van der Waals surface area contributed by atoms with Gasteiger partial charge in [-0.15, -0.1) is 0 Å². The molecule has 0 unspecified atom stereocenters. The number of hydrogen-bond acceptors (Lipinski definition) is 6. The van der Waals surface area contributed by atoms with Crippen molar-refractivity contribution in [3.63, 3.8) is 0 Å². The Morgan fingerprint density at radius 1 is 1.14 bits per heavy atom. The summed E-state index contributed by atoms with van der Waals surface area (Å²) in [6, 6.07) is 8.69. The van der Waals surface area contributed by atoms with E-state index in [2.05, 4.69) is 20.3 Å². The molecule has 4 aromatic rings. The molecular weight excluding hydrogens is 358 g/mol. The van der Waals surface area contributed by atoms with Crippen LogP contribution in [0.4, 0.5) is 5.82 Å². The first-order chi connectivity index (χ1) is 13.6. The Kier molecular flexibility index (Phi) is 3.58. The van der Waals surface area contributed by atoms with Gasteiger partial charge >= 0.3 is 0 Å². The average Bonchev–Trinajstić information content (AvgIpc) is 3.44. The highest BCUT2D eigenvalue weighted by Crippen LogP contribution is 2.35. The number of nitrogens with two attached hydrogens (primary N) is 1. The summed E-state index contributed by atoms with van der Waals surface area (Å²) >= 11 is 0. The Labute approximate surface area is 158 Å². The summed E-state index contributed by atoms with van der Waals surface area (Å²) < 4.78 is 5.40. The predicted octanol–water partition coefficient (Wildman–Crippen LogP) is 2.89. The van der Waals surface area contributed by atoms with E-state index in [0.717, 1.165) is 18.2 Å². The van der Waals surface area contributed by atoms with Crippen molar-refractivity contribution in [2.24, 2.45) is 11.7 Å². The molecule has 8 heteroatoms. The minimum absolute atomic E-state index is 0.0383. The fraction of sp³-hybridized carbons (Fsp3) is 0.150. The van der Waals surface area contributed by atoms with Crippen molar-refractivity contribution in [2.45, 2.75) is 12.8 Å². The van der Waals surface area contributed by atoms with E-state index in [4.69, 9.17) is 10.2 Å². The van der Waals surface area contributed by atoms with E-state index in [1.807, 2.05) is 6.07 Å². The highest BCUT2D eigenvalue weighted by molar-refractivity contribution is 6.08. The normalized spacial score (nSPS) is 13.7. The van der Waals surface area contributed by atoms with Gasteiger partial charge in [-0.25, -0.2) is 15.0 Å². The Bertz CT molecular complexity index is 1260. The Morgan fingerprint density at radius 2 is 2.00 bits per heavy atom. The number of nitrogens with one attached hydrogen (secondary N) is 1. The minimum atomic E-state index is -0.586. The number of carbonyl (C=O) groups excluding carboxylic acids is 2. The van der Waals surface area contributed by atoms with Gasteiger partial charge in [0.1, 0.15) is 11.3 Å². The number of fused-ring (bicyclic) bond motifs is 2. The van der Waals surface area contributed by atoms with Gasteiger partial charge in [-0.2, -0.15) is 0 Å². The molecule has 1 aromatic carbocycles. The van der Waals surface area contributed by atoms with Crippen LogP contribution in [-0.4, -0.2) is 26.8 Å². The molecule has 0 saturated heterocycles. The number of carbonyl (C=O) groups is 2. The summed E-state index contributed by atoms with van der Waals surface area (Å²) in [7, 11) is 0. The zero-order valence-corrected chi connectivity index (χ0v) is 14.7. The van der Waals surface area contributed by atoms with E-state index in [0.29, 0.717) is 39.3 Å². The largest absolute Gasteiger partial charge is 0.443 e. The van der Waals surface area contributed by atoms with Gasteiger partial charge in [-0.05, 0) is 54.3 Å². The molecule has 1 aliphatic carbocycles. The molecule has 2 amide bonds. The van der Waals surface area contributed by atoms with Gasteiger partial charge in [-0.1, -0.05) is 0 Å². The van der Waals surface area contributed by atoms with E-state index in [1.54, 1.807) is 30.5 Å². The number of primary amides is 1. The summed E-state index contributed by atoms with van der Waals surface area (Å²) in [5.41, 5.74) is 8.69. The van der Waals surface area contributed by atoms with Gasteiger partial charge in [0.25, 0.3) is 0 Å². The molecule has 1 aliphatic rings. The maximum Gasteiger partial charge on any atom is 0.249 e. The van der Waals surface area contributed by atoms with Crippen LogP contribution in [0.2, 0.25) is 0 Å². The molecule has 0 radical (unpaired) electrons. The summed E-state index contributed by atoms with van der Waals surface area (Å²) in [6.07, 6.45) is 4.71. The number of benzene rings is 1. The van der Waals surface area contributed by atoms with Crippen LogP contribution in [0.15, 0.2) is 47.3 Å². The number of hydrogen-bond donors (Lipinski definition) is 2. The third-order valence-corrected chi connectivity index (χ3v) is 4.81. The van der Waals surface area contributed by atoms with Crippen LogP contribution >= 0.6 is 0 Å². The molecule has 1 saturated carbocycles. The second-order valence-corrected chi connectivity index (χ2v) is 6.78. The molecule has 138 valence electrons. The number of amides is 2. The lowest BCUT2D eigenvalue weighted by atomic mass is 9.96. The van der Waals surface area contributed by atoms with Gasteiger partial charge < -0.3 is 15.5 Å². The third-order valence-electron chi connectivity index (χ3n) is 4.81. The van der Waals surface area contributed by atoms with Gasteiger partial charge in [-0.3, -0.25) is 9.59 Å². The van der Waals surface area contributed by atoms with Crippen LogP contribution in [0, 0.1) is 5.92 Å². The van der Waals surface area contributed by atoms with Gasteiger partial charge in [0, 0.05) is 23.1 Å². The maximum absolute atomic E-state index is 12.2. The van der Waals surface area contributed by atoms with Crippen LogP contribution in [0.25, 0.3) is 33.3 Å². The average molecular weight is 373 g/mol. The first-order valence-corrected chi connectivity index (χ1v) is 8.84. The lowest BCUT2D eigenvalue weighted by Crippen LogP contribution is -2.15. The molecule has 0 spiro atoms. The van der Waals surface area contributed by atoms with Gasteiger partial charge in [0.15, 0.2) is 17.6 Å². The van der Waals surface area contributed by atoms with Gasteiger partial charge in [0.05, 0.1) is 0 Å². The van der Waals surface area contributed by atoms with Crippen LogP contribution in [0.1, 0.15) is 23.2 Å². The number of nitrogens with zero attached hydrogens (tertiary/aromatic N) is 3. The van der Waals surface area contributed by atoms with E-state index in [-0.39, 0.29) is 11.8 Å². The minimum Gasteiger partial charge on any atom is -0.443 e. The number of oxazole rings is 1. The van der Waals surface area contributed by atoms with Crippen molar-refractivity contribution in [3.8, 4) is 11.1 Å². The number of pyridine rings is 2. The maximum atomic E-state index is 12.2. The quantitative estimate of drug-likeness (QED) is 0.567. The van der Waals surface area contributed by atoms with Crippen LogP contribution < -0.4 is 11.1 Å². The fourth-order valence-corrected chi connectivity index (χ4v) is 3.25. The second kappa shape index (κ2) is 6.12. The van der Waals surface area contributed by atoms with E-state index in [9.17, 15) is 9.59 Å². The van der Waals surface area contributed by atoms with Crippen molar-refractivity contribution in [3.05, 3.63) is 48.5 Å². The summed E-state index contributed by atoms with van der Waals surface area (Å²) in [5.74, 6) is -0.227. The third kappa shape index (κ3) is 2.75. The Balaban J connectivity index is 1.75. The molecule has 5 rings (SSSR count). The number of rotatable bonds is 4. The van der Waals surface area contributed by atoms with Crippen molar-refractivity contribution >= 4 is 39.8 Å². The zero-order valence-electron chi connectivity index (χ0n) is 14.7. The number of aromatic nitrogens is 3. The topological polar surface area (TPSA) is 124 Å². The van der Waals surface area contributed by atoms with E-state index >= 15 is 0 Å². The van der Waals surface area contributed by atoms with E-state index in [1.165, 1.54) is 6.39 Å². The Hall–Kier alpha value is -3.81. The molecular formula is C20H15N5O3. The van der Waals surface area contributed by atoms with Crippen LogP contribution in [0.5, 0.6) is 0 Å². The molecule has 0 aliphatic heterocycles. The first-order valence-electron chi connectivity index (χ1n) is 8.84. The monoisotopic (exact) mass is 373 g/mol. The molecule has 3 heterocycles. The van der Waals surface area contributed by atoms with Crippen molar-refractivity contribution < 1.29 is 14.0 Å². The zero-order chi connectivity index (χ0) is 19.3. The summed E-state index contributed by atoms with van der Waals surface area (Å²) in [4.78, 5) is 37.2. The van der Waals surface area contributed by atoms with Crippen molar-refractivity contribution in [1.29, 1.82) is 0 Å². The highest BCUT2D eigenvalue weighted by atomic mass is 16.3. The Morgan fingerprint density at radius 3 is 2.79 bits per heavy atom. The van der Waals surface area contributed by atoms with Gasteiger partial charge in [0.2, 0.25) is 11.8 Å². The standard InChI is InChI=1S/C20H15N5O3/c21-18(26)14-6-15-16(28-9-23-15)7-12(14)13-8-17(25-20(27)10-3-4-10)24-19-11(13)2-1-5-22-19/h1-2,5-10H,3-4H2,(H2,21,26)(H,22,24,25,27). The lowest BCUT2D eigenvalue weighted by Gasteiger charge is -2.12. The fourth-order valence-electron chi connectivity index (χ4n) is 3.25. The lowest BCUT2D eigenvalue weighted by molar-refractivity contribution is -0.117. The number of anilines is 1. The molecule has 0 atom stereocenters. The molecule has 3 N–H and O–H groups in total. The van der Waals surface area contributed by atoms with Crippen LogP contribution in [-0.2, 0) is 4.79 Å². The summed E-state index contributed by atoms with van der Waals surface area (Å²) in [5, 5.41) is 3.57. The molecule has 8 nitrogen and oxygen atoms in total. The SMILES string of the molecule is NC(=O)c1cc2ncoc2cc1-c1cc(NC(=O)C2CC2)nc2ncccc12. The molecule has 0 bridgehead atoms. The summed E-state index contributed by atoms with van der Waals surface area (Å²) in [6.45, 7) is 0. The molecule has 3 aromatic heterocycles. The highest BCUT2D eigenvalue weighted by Gasteiger charge is 2.30. The van der Waals surface area contributed by atoms with Crippen molar-refractivity contribution in [1.82, 2.24) is 15.0 Å². The molecule has 28 heavy (non-hydrogen) atoms. The van der Waals surface area contributed by atoms with Crippen molar-refractivity contribution in [2.75, 3.05) is 5.32 Å². The first kappa shape index (κ1) is 16.4. The molecule has 1 fully saturated rings. The second-order valence-electron chi connectivity index (χ2n) is 6.78. The van der Waals surface area contributed by atoms with E-state index < -0.39 is 5.91 Å².